The first-order valence-electron chi connectivity index (χ1n) is 4.97. The predicted octanol–water partition coefficient (Wildman–Crippen LogP) is 2.68. The van der Waals surface area contributed by atoms with Gasteiger partial charge < -0.3 is 5.11 Å². The summed E-state index contributed by atoms with van der Waals surface area (Å²) in [5, 5.41) is 10.2. The maximum atomic E-state index is 9.38. The zero-order valence-corrected chi connectivity index (χ0v) is 9.69. The molecule has 0 aliphatic heterocycles. The quantitative estimate of drug-likeness (QED) is 0.883. The van der Waals surface area contributed by atoms with Crippen LogP contribution in [0.25, 0.3) is 0 Å². The molecule has 0 aliphatic carbocycles. The van der Waals surface area contributed by atoms with Crippen LogP contribution in [0, 0.1) is 0 Å². The maximum Gasteiger partial charge on any atom is 0.119 e. The Labute approximate surface area is 98.6 Å². The van der Waals surface area contributed by atoms with Crippen LogP contribution in [-0.4, -0.2) is 15.1 Å². The van der Waals surface area contributed by atoms with Gasteiger partial charge in [-0.15, -0.1) is 0 Å². The van der Waals surface area contributed by atoms with Crippen LogP contribution in [0.5, 0.6) is 0 Å². The van der Waals surface area contributed by atoms with E-state index in [0.29, 0.717) is 0 Å². The van der Waals surface area contributed by atoms with Crippen LogP contribution >= 0.6 is 11.8 Å². The van der Waals surface area contributed by atoms with E-state index in [1.54, 1.807) is 37.3 Å². The summed E-state index contributed by atoms with van der Waals surface area (Å²) >= 11 is 1.55. The molecule has 0 fully saturated rings. The third kappa shape index (κ3) is 2.81. The van der Waals surface area contributed by atoms with Crippen molar-refractivity contribution in [3.8, 4) is 0 Å². The number of aliphatic hydroxyl groups excluding tert-OH is 1. The highest BCUT2D eigenvalue weighted by Crippen LogP contribution is 2.26. The van der Waals surface area contributed by atoms with Gasteiger partial charge in [-0.3, -0.25) is 4.98 Å². The van der Waals surface area contributed by atoms with Crippen molar-refractivity contribution < 1.29 is 5.11 Å². The second-order valence-corrected chi connectivity index (χ2v) is 4.48. The topological polar surface area (TPSA) is 46.0 Å². The molecular formula is C12H12N2OS. The second-order valence-electron chi connectivity index (χ2n) is 3.39. The third-order valence-electron chi connectivity index (χ3n) is 2.12. The van der Waals surface area contributed by atoms with Gasteiger partial charge in [-0.25, -0.2) is 4.98 Å². The van der Waals surface area contributed by atoms with Gasteiger partial charge in [-0.1, -0.05) is 23.9 Å². The van der Waals surface area contributed by atoms with Crippen molar-refractivity contribution in [3.63, 3.8) is 0 Å². The number of nitrogens with zero attached hydrogens (tertiary/aromatic N) is 2. The molecule has 0 bridgehead atoms. The molecule has 82 valence electrons. The smallest absolute Gasteiger partial charge is 0.119 e. The lowest BCUT2D eigenvalue weighted by Crippen LogP contribution is -1.89. The van der Waals surface area contributed by atoms with Crippen LogP contribution in [0.4, 0.5) is 0 Å². The van der Waals surface area contributed by atoms with Crippen molar-refractivity contribution in [1.29, 1.82) is 0 Å². The number of aromatic nitrogens is 2. The van der Waals surface area contributed by atoms with Crippen molar-refractivity contribution in [3.05, 3.63) is 48.4 Å². The highest BCUT2D eigenvalue weighted by Gasteiger charge is 2.02. The molecule has 1 heterocycles. The van der Waals surface area contributed by atoms with Crippen molar-refractivity contribution in [1.82, 2.24) is 9.97 Å². The van der Waals surface area contributed by atoms with Crippen molar-refractivity contribution in [2.24, 2.45) is 0 Å². The van der Waals surface area contributed by atoms with Gasteiger partial charge in [-0.2, -0.15) is 0 Å². The molecule has 0 saturated heterocycles. The molecule has 1 unspecified atom stereocenters. The van der Waals surface area contributed by atoms with Crippen molar-refractivity contribution in [2.75, 3.05) is 0 Å². The van der Waals surface area contributed by atoms with E-state index in [9.17, 15) is 5.11 Å². The Bertz CT molecular complexity index is 442. The van der Waals surface area contributed by atoms with E-state index >= 15 is 0 Å². The minimum absolute atomic E-state index is 0.421. The monoisotopic (exact) mass is 232 g/mol. The standard InChI is InChI=1S/C12H12N2OS/c1-9(15)10-2-4-11(5-3-10)16-12-8-13-6-7-14-12/h2-9,15H,1H3. The van der Waals surface area contributed by atoms with E-state index in [1.165, 1.54) is 0 Å². The third-order valence-corrected chi connectivity index (χ3v) is 3.05. The average molecular weight is 232 g/mol. The Hall–Kier alpha value is -1.39. The molecule has 3 nitrogen and oxygen atoms in total. The highest BCUT2D eigenvalue weighted by molar-refractivity contribution is 7.99. The minimum atomic E-state index is -0.421. The van der Waals surface area contributed by atoms with Gasteiger partial charge in [0.05, 0.1) is 12.3 Å². The molecule has 1 aromatic carbocycles. The van der Waals surface area contributed by atoms with Crippen molar-refractivity contribution in [2.45, 2.75) is 22.9 Å². The summed E-state index contributed by atoms with van der Waals surface area (Å²) in [5.74, 6) is 0. The maximum absolute atomic E-state index is 9.38. The highest BCUT2D eigenvalue weighted by atomic mass is 32.2. The summed E-state index contributed by atoms with van der Waals surface area (Å²) in [4.78, 5) is 9.27. The van der Waals surface area contributed by atoms with Crippen LogP contribution in [0.2, 0.25) is 0 Å². The number of rotatable bonds is 3. The molecule has 2 rings (SSSR count). The Morgan fingerprint density at radius 1 is 1.19 bits per heavy atom. The normalized spacial score (nSPS) is 12.4. The molecule has 16 heavy (non-hydrogen) atoms. The molecule has 4 heteroatoms. The molecule has 0 aliphatic rings. The molecule has 0 spiro atoms. The Morgan fingerprint density at radius 2 is 1.94 bits per heavy atom. The Balaban J connectivity index is 2.11. The van der Waals surface area contributed by atoms with E-state index in [2.05, 4.69) is 9.97 Å². The number of benzene rings is 1. The summed E-state index contributed by atoms with van der Waals surface area (Å²) in [6.07, 6.45) is 4.64. The second kappa shape index (κ2) is 5.09. The molecule has 1 atom stereocenters. The Morgan fingerprint density at radius 3 is 2.50 bits per heavy atom. The van der Waals surface area contributed by atoms with Gasteiger partial charge >= 0.3 is 0 Å². The van der Waals surface area contributed by atoms with Crippen LogP contribution in [-0.2, 0) is 0 Å². The SMILES string of the molecule is CC(O)c1ccc(Sc2cnccn2)cc1. The molecule has 1 aromatic heterocycles. The first-order valence-corrected chi connectivity index (χ1v) is 5.79. The molecule has 0 saturated carbocycles. The molecule has 0 amide bonds. The number of hydrogen-bond donors (Lipinski definition) is 1. The van der Waals surface area contributed by atoms with Gasteiger partial charge in [0.2, 0.25) is 0 Å². The first-order chi connectivity index (χ1) is 7.75. The minimum Gasteiger partial charge on any atom is -0.389 e. The van der Waals surface area contributed by atoms with Gasteiger partial charge in [-0.05, 0) is 24.6 Å². The zero-order valence-electron chi connectivity index (χ0n) is 8.87. The van der Waals surface area contributed by atoms with E-state index in [0.717, 1.165) is 15.5 Å². The summed E-state index contributed by atoms with van der Waals surface area (Å²) in [6.45, 7) is 1.75. The van der Waals surface area contributed by atoms with Crippen LogP contribution in [0.1, 0.15) is 18.6 Å². The molecule has 0 radical (unpaired) electrons. The largest absolute Gasteiger partial charge is 0.389 e. The summed E-state index contributed by atoms with van der Waals surface area (Å²) in [6, 6.07) is 7.79. The molecule has 1 N–H and O–H groups in total. The molecular weight excluding hydrogens is 220 g/mol. The van der Waals surface area contributed by atoms with Gasteiger partial charge in [0.15, 0.2) is 0 Å². The van der Waals surface area contributed by atoms with E-state index in [4.69, 9.17) is 0 Å². The first kappa shape index (κ1) is 11.1. The van der Waals surface area contributed by atoms with E-state index in [1.807, 2.05) is 24.3 Å². The predicted molar refractivity (Wildman–Crippen MR) is 63.2 cm³/mol. The zero-order chi connectivity index (χ0) is 11.4. The fourth-order valence-electron chi connectivity index (χ4n) is 1.27. The van der Waals surface area contributed by atoms with Gasteiger partial charge in [0.25, 0.3) is 0 Å². The molecule has 2 aromatic rings. The summed E-state index contributed by atoms with van der Waals surface area (Å²) in [7, 11) is 0. The lowest BCUT2D eigenvalue weighted by Gasteiger charge is -2.05. The van der Waals surface area contributed by atoms with Crippen LogP contribution in [0.3, 0.4) is 0 Å². The lowest BCUT2D eigenvalue weighted by molar-refractivity contribution is 0.199. The van der Waals surface area contributed by atoms with Crippen LogP contribution < -0.4 is 0 Å². The number of aliphatic hydroxyl groups is 1. The van der Waals surface area contributed by atoms with Gasteiger partial charge in [0, 0.05) is 17.3 Å². The summed E-state index contributed by atoms with van der Waals surface area (Å²) in [5.41, 5.74) is 0.920. The van der Waals surface area contributed by atoms with Crippen LogP contribution in [0.15, 0.2) is 52.8 Å². The van der Waals surface area contributed by atoms with E-state index in [-0.39, 0.29) is 0 Å². The van der Waals surface area contributed by atoms with E-state index < -0.39 is 6.10 Å². The summed E-state index contributed by atoms with van der Waals surface area (Å²) < 4.78 is 0. The average Bonchev–Trinajstić information content (AvgIpc) is 2.31. The Kier molecular flexibility index (Phi) is 3.54. The fraction of sp³-hybridized carbons (Fsp3) is 0.167. The number of hydrogen-bond acceptors (Lipinski definition) is 4. The lowest BCUT2D eigenvalue weighted by atomic mass is 10.1. The van der Waals surface area contributed by atoms with Crippen molar-refractivity contribution >= 4 is 11.8 Å². The van der Waals surface area contributed by atoms with Gasteiger partial charge in [0.1, 0.15) is 5.03 Å². The fourth-order valence-corrected chi connectivity index (χ4v) is 2.01.